The van der Waals surface area contributed by atoms with E-state index in [9.17, 15) is 4.39 Å². The first kappa shape index (κ1) is 11.9. The molecule has 0 amide bonds. The van der Waals surface area contributed by atoms with Gasteiger partial charge in [0.15, 0.2) is 0 Å². The van der Waals surface area contributed by atoms with Gasteiger partial charge < -0.3 is 4.90 Å². The van der Waals surface area contributed by atoms with Crippen LogP contribution in [-0.2, 0) is 0 Å². The number of nitrogens with zero attached hydrogens (tertiary/aromatic N) is 2. The average Bonchev–Trinajstić information content (AvgIpc) is 2.38. The highest BCUT2D eigenvalue weighted by molar-refractivity contribution is 5.60. The minimum absolute atomic E-state index is 0.338. The summed E-state index contributed by atoms with van der Waals surface area (Å²) < 4.78 is 13.1. The highest BCUT2D eigenvalue weighted by Crippen LogP contribution is 2.29. The van der Waals surface area contributed by atoms with Crippen molar-refractivity contribution >= 4 is 5.69 Å². The Morgan fingerprint density at radius 2 is 2.29 bits per heavy atom. The Balaban J connectivity index is 2.35. The maximum atomic E-state index is 13.1. The summed E-state index contributed by atoms with van der Waals surface area (Å²) in [6, 6.07) is 7.09. The molecule has 1 aromatic carbocycles. The summed E-state index contributed by atoms with van der Waals surface area (Å²) >= 11 is 0. The van der Waals surface area contributed by atoms with Crippen LogP contribution in [0, 0.1) is 17.1 Å². The molecule has 1 fully saturated rings. The second-order valence-electron chi connectivity index (χ2n) is 4.52. The standard InChI is InChI=1S/C14H17FN2/c1-2-13-5-3-4-8-17(13)14-7-6-12(15)9-11(14)10-16/h6-7,9,13H,2-5,8H2,1H3. The maximum Gasteiger partial charge on any atom is 0.124 e. The van der Waals surface area contributed by atoms with Crippen LogP contribution in [0.15, 0.2) is 18.2 Å². The van der Waals surface area contributed by atoms with E-state index in [2.05, 4.69) is 17.9 Å². The van der Waals surface area contributed by atoms with Crippen LogP contribution >= 0.6 is 0 Å². The summed E-state index contributed by atoms with van der Waals surface area (Å²) in [5, 5.41) is 9.09. The van der Waals surface area contributed by atoms with Crippen LogP contribution < -0.4 is 4.90 Å². The van der Waals surface area contributed by atoms with Gasteiger partial charge in [0.05, 0.1) is 11.3 Å². The van der Waals surface area contributed by atoms with Crippen LogP contribution in [0.2, 0.25) is 0 Å². The van der Waals surface area contributed by atoms with Crippen molar-refractivity contribution in [2.45, 2.75) is 38.6 Å². The average molecular weight is 232 g/mol. The second-order valence-corrected chi connectivity index (χ2v) is 4.52. The van der Waals surface area contributed by atoms with Crippen molar-refractivity contribution in [3.05, 3.63) is 29.6 Å². The first-order valence-corrected chi connectivity index (χ1v) is 6.22. The van der Waals surface area contributed by atoms with Gasteiger partial charge in [0.1, 0.15) is 11.9 Å². The lowest BCUT2D eigenvalue weighted by atomic mass is 9.98. The summed E-state index contributed by atoms with van der Waals surface area (Å²) in [5.74, 6) is -0.338. The van der Waals surface area contributed by atoms with Crippen molar-refractivity contribution in [3.63, 3.8) is 0 Å². The summed E-state index contributed by atoms with van der Waals surface area (Å²) in [6.07, 6.45) is 4.64. The van der Waals surface area contributed by atoms with Gasteiger partial charge in [-0.15, -0.1) is 0 Å². The normalized spacial score (nSPS) is 20.1. The number of benzene rings is 1. The third kappa shape index (κ3) is 2.41. The van der Waals surface area contributed by atoms with Gasteiger partial charge in [-0.05, 0) is 43.9 Å². The molecule has 2 nitrogen and oxygen atoms in total. The van der Waals surface area contributed by atoms with Crippen LogP contribution in [0.3, 0.4) is 0 Å². The molecule has 1 aliphatic rings. The quantitative estimate of drug-likeness (QED) is 0.780. The third-order valence-corrected chi connectivity index (χ3v) is 3.49. The summed E-state index contributed by atoms with van der Waals surface area (Å²) in [4.78, 5) is 2.27. The fraction of sp³-hybridized carbons (Fsp3) is 0.500. The van der Waals surface area contributed by atoms with Crippen molar-refractivity contribution in [2.75, 3.05) is 11.4 Å². The zero-order chi connectivity index (χ0) is 12.3. The van der Waals surface area contributed by atoms with Crippen LogP contribution in [0.25, 0.3) is 0 Å². The van der Waals surface area contributed by atoms with E-state index in [0.29, 0.717) is 11.6 Å². The molecule has 1 aliphatic heterocycles. The lowest BCUT2D eigenvalue weighted by Crippen LogP contribution is -2.39. The molecule has 1 aromatic rings. The number of piperidine rings is 1. The molecule has 1 heterocycles. The molecule has 3 heteroatoms. The van der Waals surface area contributed by atoms with E-state index in [0.717, 1.165) is 25.1 Å². The van der Waals surface area contributed by atoms with Crippen LogP contribution in [0.1, 0.15) is 38.2 Å². The lowest BCUT2D eigenvalue weighted by Gasteiger charge is -2.37. The van der Waals surface area contributed by atoms with E-state index in [1.807, 2.05) is 0 Å². The van der Waals surface area contributed by atoms with Crippen molar-refractivity contribution < 1.29 is 4.39 Å². The van der Waals surface area contributed by atoms with Gasteiger partial charge in [-0.25, -0.2) is 4.39 Å². The van der Waals surface area contributed by atoms with E-state index >= 15 is 0 Å². The number of anilines is 1. The predicted octanol–water partition coefficient (Wildman–Crippen LogP) is 3.47. The van der Waals surface area contributed by atoms with E-state index in [4.69, 9.17) is 5.26 Å². The highest BCUT2D eigenvalue weighted by Gasteiger charge is 2.23. The highest BCUT2D eigenvalue weighted by atomic mass is 19.1. The van der Waals surface area contributed by atoms with Crippen molar-refractivity contribution in [1.82, 2.24) is 0 Å². The number of hydrogen-bond donors (Lipinski definition) is 0. The van der Waals surface area contributed by atoms with Gasteiger partial charge in [0, 0.05) is 12.6 Å². The lowest BCUT2D eigenvalue weighted by molar-refractivity contribution is 0.449. The van der Waals surface area contributed by atoms with Gasteiger partial charge in [-0.3, -0.25) is 0 Å². The molecule has 0 aromatic heterocycles. The predicted molar refractivity (Wildman–Crippen MR) is 66.4 cm³/mol. The second kappa shape index (κ2) is 5.18. The number of hydrogen-bond acceptors (Lipinski definition) is 2. The van der Waals surface area contributed by atoms with E-state index in [1.165, 1.54) is 25.0 Å². The fourth-order valence-electron chi connectivity index (χ4n) is 2.59. The first-order chi connectivity index (χ1) is 8.26. The summed E-state index contributed by atoms with van der Waals surface area (Å²) in [5.41, 5.74) is 1.34. The molecule has 0 radical (unpaired) electrons. The van der Waals surface area contributed by atoms with Gasteiger partial charge in [-0.1, -0.05) is 6.92 Å². The zero-order valence-electron chi connectivity index (χ0n) is 10.1. The molecule has 0 aliphatic carbocycles. The van der Waals surface area contributed by atoms with Gasteiger partial charge >= 0.3 is 0 Å². The number of halogens is 1. The minimum atomic E-state index is -0.338. The molecule has 0 saturated carbocycles. The largest absolute Gasteiger partial charge is 0.367 e. The Hall–Kier alpha value is -1.56. The maximum absolute atomic E-state index is 13.1. The van der Waals surface area contributed by atoms with Crippen LogP contribution in [0.4, 0.5) is 10.1 Å². The molecule has 2 rings (SSSR count). The Labute approximate surface area is 102 Å². The monoisotopic (exact) mass is 232 g/mol. The Bertz CT molecular complexity index is 436. The van der Waals surface area contributed by atoms with Crippen molar-refractivity contribution in [3.8, 4) is 6.07 Å². The van der Waals surface area contributed by atoms with Gasteiger partial charge in [-0.2, -0.15) is 5.26 Å². The number of rotatable bonds is 2. The molecule has 0 N–H and O–H groups in total. The Morgan fingerprint density at radius 1 is 1.47 bits per heavy atom. The smallest absolute Gasteiger partial charge is 0.124 e. The molecule has 90 valence electrons. The molecule has 0 bridgehead atoms. The minimum Gasteiger partial charge on any atom is -0.367 e. The third-order valence-electron chi connectivity index (χ3n) is 3.49. The summed E-state index contributed by atoms with van der Waals surface area (Å²) in [6.45, 7) is 3.14. The molecule has 17 heavy (non-hydrogen) atoms. The van der Waals surface area contributed by atoms with Crippen molar-refractivity contribution in [2.24, 2.45) is 0 Å². The van der Waals surface area contributed by atoms with E-state index < -0.39 is 0 Å². The Morgan fingerprint density at radius 3 is 3.00 bits per heavy atom. The SMILES string of the molecule is CCC1CCCCN1c1ccc(F)cc1C#N. The Kier molecular flexibility index (Phi) is 3.63. The molecule has 0 spiro atoms. The molecular formula is C14H17FN2. The van der Waals surface area contributed by atoms with Crippen LogP contribution in [0.5, 0.6) is 0 Å². The van der Waals surface area contributed by atoms with Crippen LogP contribution in [-0.4, -0.2) is 12.6 Å². The molecule has 1 unspecified atom stereocenters. The first-order valence-electron chi connectivity index (χ1n) is 6.22. The molecular weight excluding hydrogens is 215 g/mol. The van der Waals surface area contributed by atoms with Crippen molar-refractivity contribution in [1.29, 1.82) is 5.26 Å². The molecule has 1 atom stereocenters. The van der Waals surface area contributed by atoms with Gasteiger partial charge in [0.25, 0.3) is 0 Å². The van der Waals surface area contributed by atoms with E-state index in [1.54, 1.807) is 6.07 Å². The summed E-state index contributed by atoms with van der Waals surface area (Å²) in [7, 11) is 0. The van der Waals surface area contributed by atoms with E-state index in [-0.39, 0.29) is 5.82 Å². The zero-order valence-corrected chi connectivity index (χ0v) is 10.1. The molecule has 1 saturated heterocycles. The number of nitriles is 1. The topological polar surface area (TPSA) is 27.0 Å². The fourth-order valence-corrected chi connectivity index (χ4v) is 2.59. The van der Waals surface area contributed by atoms with Gasteiger partial charge in [0.2, 0.25) is 0 Å².